The van der Waals surface area contributed by atoms with E-state index in [1.807, 2.05) is 13.8 Å². The normalized spacial score (nSPS) is 13.1. The fourth-order valence-electron chi connectivity index (χ4n) is 2.27. The first-order valence-corrected chi connectivity index (χ1v) is 7.12. The molecule has 1 atom stereocenters. The van der Waals surface area contributed by atoms with Gasteiger partial charge in [0.15, 0.2) is 11.6 Å². The molecule has 20 heavy (non-hydrogen) atoms. The van der Waals surface area contributed by atoms with E-state index in [0.717, 1.165) is 6.07 Å². The minimum atomic E-state index is -0.876. The Morgan fingerprint density at radius 2 is 2.15 bits per heavy atom. The molecule has 0 bridgehead atoms. The highest BCUT2D eigenvalue weighted by Gasteiger charge is 2.20. The summed E-state index contributed by atoms with van der Waals surface area (Å²) in [5.41, 5.74) is 0.615. The Bertz CT molecular complexity index is 600. The molecule has 0 aliphatic carbocycles. The van der Waals surface area contributed by atoms with Gasteiger partial charge >= 0.3 is 0 Å². The standard InChI is InChI=1S/C14H17ClF2N2O/c1-3-20-8-9(2)19-12(6-7-15)18-11-5-4-10(16)13(17)14(11)19/h4-5,9H,3,6-8H2,1-2H3. The average molecular weight is 303 g/mol. The fraction of sp³-hybridized carbons (Fsp3) is 0.500. The number of aromatic nitrogens is 2. The molecule has 3 nitrogen and oxygen atoms in total. The number of hydrogen-bond acceptors (Lipinski definition) is 2. The largest absolute Gasteiger partial charge is 0.380 e. The van der Waals surface area contributed by atoms with E-state index in [4.69, 9.17) is 16.3 Å². The number of ether oxygens (including phenoxy) is 1. The molecule has 0 aliphatic rings. The molecule has 0 N–H and O–H groups in total. The molecule has 110 valence electrons. The first-order valence-electron chi connectivity index (χ1n) is 6.58. The number of halogens is 3. The predicted octanol–water partition coefficient (Wildman–Crippen LogP) is 3.69. The first-order chi connectivity index (χ1) is 9.60. The molecular formula is C14H17ClF2N2O. The van der Waals surface area contributed by atoms with Crippen LogP contribution in [-0.2, 0) is 11.2 Å². The summed E-state index contributed by atoms with van der Waals surface area (Å²) in [6, 6.07) is 2.43. The van der Waals surface area contributed by atoms with Crippen molar-refractivity contribution in [3.05, 3.63) is 29.6 Å². The van der Waals surface area contributed by atoms with Crippen LogP contribution in [0, 0.1) is 11.6 Å². The third-order valence-corrected chi connectivity index (χ3v) is 3.33. The quantitative estimate of drug-likeness (QED) is 0.761. The van der Waals surface area contributed by atoms with Crippen molar-refractivity contribution in [2.75, 3.05) is 19.1 Å². The highest BCUT2D eigenvalue weighted by molar-refractivity contribution is 6.17. The van der Waals surface area contributed by atoms with Gasteiger partial charge in [-0.05, 0) is 26.0 Å². The summed E-state index contributed by atoms with van der Waals surface area (Å²) in [4.78, 5) is 4.35. The van der Waals surface area contributed by atoms with Crippen molar-refractivity contribution in [3.63, 3.8) is 0 Å². The molecule has 2 aromatic rings. The Labute approximate surface area is 121 Å². The van der Waals surface area contributed by atoms with Crippen LogP contribution in [0.4, 0.5) is 8.78 Å². The molecular weight excluding hydrogens is 286 g/mol. The minimum Gasteiger partial charge on any atom is -0.380 e. The number of benzene rings is 1. The van der Waals surface area contributed by atoms with E-state index in [1.165, 1.54) is 6.07 Å². The van der Waals surface area contributed by atoms with Crippen LogP contribution >= 0.6 is 11.6 Å². The van der Waals surface area contributed by atoms with Crippen molar-refractivity contribution >= 4 is 22.6 Å². The summed E-state index contributed by atoms with van der Waals surface area (Å²) in [5, 5.41) is 0. The second kappa shape index (κ2) is 6.50. The van der Waals surface area contributed by atoms with Gasteiger partial charge in [0.2, 0.25) is 0 Å². The maximum atomic E-state index is 14.1. The molecule has 0 radical (unpaired) electrons. The molecule has 6 heteroatoms. The van der Waals surface area contributed by atoms with E-state index in [-0.39, 0.29) is 11.6 Å². The van der Waals surface area contributed by atoms with Crippen molar-refractivity contribution in [2.45, 2.75) is 26.3 Å². The number of imidazole rings is 1. The van der Waals surface area contributed by atoms with Gasteiger partial charge in [-0.3, -0.25) is 0 Å². The molecule has 0 spiro atoms. The second-order valence-corrected chi connectivity index (χ2v) is 4.95. The van der Waals surface area contributed by atoms with Crippen molar-refractivity contribution in [3.8, 4) is 0 Å². The SMILES string of the molecule is CCOCC(C)n1c(CCCl)nc2ccc(F)c(F)c21. The Balaban J connectivity index is 2.57. The monoisotopic (exact) mass is 302 g/mol. The lowest BCUT2D eigenvalue weighted by Gasteiger charge is -2.17. The minimum absolute atomic E-state index is 0.144. The maximum absolute atomic E-state index is 14.1. The summed E-state index contributed by atoms with van der Waals surface area (Å²) in [6.07, 6.45) is 0.494. The van der Waals surface area contributed by atoms with Gasteiger partial charge in [-0.25, -0.2) is 13.8 Å². The number of nitrogens with zero attached hydrogens (tertiary/aromatic N) is 2. The van der Waals surface area contributed by atoms with Crippen molar-refractivity contribution in [1.29, 1.82) is 0 Å². The molecule has 0 saturated carbocycles. The van der Waals surface area contributed by atoms with E-state index in [0.29, 0.717) is 36.9 Å². The van der Waals surface area contributed by atoms with Gasteiger partial charge in [0.05, 0.1) is 18.2 Å². The average Bonchev–Trinajstić information content (AvgIpc) is 2.80. The highest BCUT2D eigenvalue weighted by atomic mass is 35.5. The molecule has 0 aliphatic heterocycles. The smallest absolute Gasteiger partial charge is 0.184 e. The van der Waals surface area contributed by atoms with Gasteiger partial charge in [0, 0.05) is 18.9 Å². The zero-order chi connectivity index (χ0) is 14.7. The Kier molecular flexibility index (Phi) is 4.94. The predicted molar refractivity (Wildman–Crippen MR) is 75.3 cm³/mol. The summed E-state index contributed by atoms with van der Waals surface area (Å²) >= 11 is 5.76. The topological polar surface area (TPSA) is 27.1 Å². The number of fused-ring (bicyclic) bond motifs is 1. The lowest BCUT2D eigenvalue weighted by atomic mass is 10.2. The third-order valence-electron chi connectivity index (χ3n) is 3.14. The summed E-state index contributed by atoms with van der Waals surface area (Å²) in [6.45, 7) is 4.75. The Hall–Kier alpha value is -1.20. The van der Waals surface area contributed by atoms with Crippen LogP contribution in [-0.4, -0.2) is 28.6 Å². The highest BCUT2D eigenvalue weighted by Crippen LogP contribution is 2.26. The number of rotatable bonds is 6. The van der Waals surface area contributed by atoms with Crippen molar-refractivity contribution in [1.82, 2.24) is 9.55 Å². The zero-order valence-electron chi connectivity index (χ0n) is 11.5. The molecule has 1 aromatic heterocycles. The van der Waals surface area contributed by atoms with Gasteiger partial charge in [0.25, 0.3) is 0 Å². The zero-order valence-corrected chi connectivity index (χ0v) is 12.3. The summed E-state index contributed by atoms with van der Waals surface area (Å²) in [5.74, 6) is -0.736. The molecule has 2 rings (SSSR count). The van der Waals surface area contributed by atoms with Gasteiger partial charge in [-0.1, -0.05) is 0 Å². The van der Waals surface area contributed by atoms with Gasteiger partial charge in [-0.2, -0.15) is 0 Å². The lowest BCUT2D eigenvalue weighted by molar-refractivity contribution is 0.119. The molecule has 0 fully saturated rings. The molecule has 1 aromatic carbocycles. The van der Waals surface area contributed by atoms with Crippen LogP contribution in [0.15, 0.2) is 12.1 Å². The molecule has 1 unspecified atom stereocenters. The lowest BCUT2D eigenvalue weighted by Crippen LogP contribution is -2.16. The molecule has 0 amide bonds. The van der Waals surface area contributed by atoms with Crippen LogP contribution in [0.5, 0.6) is 0 Å². The van der Waals surface area contributed by atoms with Crippen LogP contribution in [0.3, 0.4) is 0 Å². The van der Waals surface area contributed by atoms with Crippen molar-refractivity contribution < 1.29 is 13.5 Å². The van der Waals surface area contributed by atoms with E-state index >= 15 is 0 Å². The number of aryl methyl sites for hydroxylation is 1. The van der Waals surface area contributed by atoms with Gasteiger partial charge in [0.1, 0.15) is 11.3 Å². The molecule has 1 heterocycles. The van der Waals surface area contributed by atoms with Crippen LogP contribution in [0.25, 0.3) is 11.0 Å². The Morgan fingerprint density at radius 3 is 2.80 bits per heavy atom. The number of hydrogen-bond donors (Lipinski definition) is 0. The van der Waals surface area contributed by atoms with Crippen LogP contribution in [0.1, 0.15) is 25.7 Å². The Morgan fingerprint density at radius 1 is 1.40 bits per heavy atom. The van der Waals surface area contributed by atoms with E-state index in [2.05, 4.69) is 4.98 Å². The summed E-state index contributed by atoms with van der Waals surface area (Å²) in [7, 11) is 0. The fourth-order valence-corrected chi connectivity index (χ4v) is 2.44. The third kappa shape index (κ3) is 2.79. The van der Waals surface area contributed by atoms with Gasteiger partial charge < -0.3 is 9.30 Å². The van der Waals surface area contributed by atoms with E-state index in [1.54, 1.807) is 4.57 Å². The first kappa shape index (κ1) is 15.2. The second-order valence-electron chi connectivity index (χ2n) is 4.57. The van der Waals surface area contributed by atoms with E-state index in [9.17, 15) is 8.78 Å². The van der Waals surface area contributed by atoms with Crippen LogP contribution < -0.4 is 0 Å². The summed E-state index contributed by atoms with van der Waals surface area (Å²) < 4.78 is 34.6. The van der Waals surface area contributed by atoms with Crippen LogP contribution in [0.2, 0.25) is 0 Å². The number of alkyl halides is 1. The van der Waals surface area contributed by atoms with Gasteiger partial charge in [-0.15, -0.1) is 11.6 Å². The van der Waals surface area contributed by atoms with E-state index < -0.39 is 11.6 Å². The maximum Gasteiger partial charge on any atom is 0.184 e. The molecule has 0 saturated heterocycles. The van der Waals surface area contributed by atoms with Crippen molar-refractivity contribution in [2.24, 2.45) is 0 Å².